The molecule has 0 aliphatic rings. The van der Waals surface area contributed by atoms with E-state index in [4.69, 9.17) is 0 Å². The molecule has 0 saturated heterocycles. The number of allylic oxidation sites excluding steroid dienone is 1. The molecule has 0 aromatic carbocycles. The zero-order chi connectivity index (χ0) is 8.97. The summed E-state index contributed by atoms with van der Waals surface area (Å²) in [5.41, 5.74) is 2.97. The third-order valence-corrected chi connectivity index (χ3v) is 1.63. The predicted molar refractivity (Wildman–Crippen MR) is 51.6 cm³/mol. The number of hydrogen-bond acceptors (Lipinski definition) is 2. The van der Waals surface area contributed by atoms with E-state index in [1.54, 1.807) is 19.3 Å². The molecular formula is C10H12N2. The van der Waals surface area contributed by atoms with Crippen molar-refractivity contribution in [2.45, 2.75) is 6.92 Å². The summed E-state index contributed by atoms with van der Waals surface area (Å²) in [4.78, 5) is 8.19. The second-order valence-electron chi connectivity index (χ2n) is 2.50. The lowest BCUT2D eigenvalue weighted by atomic mass is 10.1. The molecule has 1 heterocycles. The van der Waals surface area contributed by atoms with Gasteiger partial charge in [0.2, 0.25) is 0 Å². The fourth-order valence-electron chi connectivity index (χ4n) is 1.04. The summed E-state index contributed by atoms with van der Waals surface area (Å²) in [5, 5.41) is 0. The quantitative estimate of drug-likeness (QED) is 0.607. The van der Waals surface area contributed by atoms with Gasteiger partial charge in [-0.1, -0.05) is 6.58 Å². The number of pyridine rings is 1. The van der Waals surface area contributed by atoms with Crippen LogP contribution in [-0.4, -0.2) is 17.7 Å². The fourth-order valence-corrected chi connectivity index (χ4v) is 1.04. The molecule has 0 saturated carbocycles. The topological polar surface area (TPSA) is 25.2 Å². The minimum atomic E-state index is 0.903. The Labute approximate surface area is 72.7 Å². The van der Waals surface area contributed by atoms with Gasteiger partial charge in [0, 0.05) is 24.5 Å². The number of aromatic nitrogens is 1. The molecule has 0 radical (unpaired) electrons. The maximum absolute atomic E-state index is 4.10. The second-order valence-corrected chi connectivity index (χ2v) is 2.50. The molecule has 1 aromatic rings. The van der Waals surface area contributed by atoms with Gasteiger partial charge in [0.15, 0.2) is 0 Å². The Morgan fingerprint density at radius 3 is 2.92 bits per heavy atom. The Bertz CT molecular complexity index is 313. The highest BCUT2D eigenvalue weighted by Crippen LogP contribution is 2.03. The van der Waals surface area contributed by atoms with Crippen LogP contribution in [0, 0.1) is 6.92 Å². The third kappa shape index (κ3) is 1.78. The molecule has 0 N–H and O–H groups in total. The van der Waals surface area contributed by atoms with E-state index < -0.39 is 0 Å². The van der Waals surface area contributed by atoms with E-state index in [0.29, 0.717) is 0 Å². The van der Waals surface area contributed by atoms with E-state index in [-0.39, 0.29) is 0 Å². The summed E-state index contributed by atoms with van der Waals surface area (Å²) in [7, 11) is 1.76. The normalized spacial score (nSPS) is 11.3. The molecule has 0 fully saturated rings. The molecule has 0 amide bonds. The lowest BCUT2D eigenvalue weighted by Gasteiger charge is -1.99. The fraction of sp³-hybridized carbons (Fsp3) is 0.200. The van der Waals surface area contributed by atoms with E-state index in [0.717, 1.165) is 17.0 Å². The standard InChI is InChI=1S/C10H12N2/c1-4-10(11-3)9-5-6-12-8(2)7-9/h4-7H,1H2,2-3H3/b11-10+. The van der Waals surface area contributed by atoms with E-state index in [9.17, 15) is 0 Å². The van der Waals surface area contributed by atoms with Gasteiger partial charge in [-0.2, -0.15) is 0 Å². The van der Waals surface area contributed by atoms with Crippen molar-refractivity contribution in [1.29, 1.82) is 0 Å². The minimum absolute atomic E-state index is 0.903. The average molecular weight is 160 g/mol. The monoisotopic (exact) mass is 160 g/mol. The number of nitrogens with zero attached hydrogens (tertiary/aromatic N) is 2. The predicted octanol–water partition coefficient (Wildman–Crippen LogP) is 1.99. The van der Waals surface area contributed by atoms with Crippen LogP contribution in [0.2, 0.25) is 0 Å². The summed E-state index contributed by atoms with van der Waals surface area (Å²) >= 11 is 0. The van der Waals surface area contributed by atoms with Gasteiger partial charge in [-0.3, -0.25) is 9.98 Å². The van der Waals surface area contributed by atoms with Crippen molar-refractivity contribution in [1.82, 2.24) is 4.98 Å². The van der Waals surface area contributed by atoms with Gasteiger partial charge >= 0.3 is 0 Å². The molecule has 0 aliphatic heterocycles. The molecule has 0 unspecified atom stereocenters. The van der Waals surface area contributed by atoms with Gasteiger partial charge in [0.1, 0.15) is 0 Å². The van der Waals surface area contributed by atoms with Crippen LogP contribution < -0.4 is 0 Å². The Kier molecular flexibility index (Phi) is 2.75. The van der Waals surface area contributed by atoms with Crippen molar-refractivity contribution in [2.24, 2.45) is 4.99 Å². The molecule has 0 aliphatic carbocycles. The number of hydrogen-bond donors (Lipinski definition) is 0. The summed E-state index contributed by atoms with van der Waals surface area (Å²) < 4.78 is 0. The lowest BCUT2D eigenvalue weighted by Crippen LogP contribution is -1.96. The van der Waals surface area contributed by atoms with Crippen LogP contribution in [0.1, 0.15) is 11.3 Å². The Hall–Kier alpha value is -1.44. The SMILES string of the molecule is C=C/C(=N\C)c1ccnc(C)c1. The van der Waals surface area contributed by atoms with Gasteiger partial charge in [0.05, 0.1) is 5.71 Å². The van der Waals surface area contributed by atoms with Crippen LogP contribution in [0.3, 0.4) is 0 Å². The molecular weight excluding hydrogens is 148 g/mol. The van der Waals surface area contributed by atoms with Crippen molar-refractivity contribution >= 4 is 5.71 Å². The van der Waals surface area contributed by atoms with Gasteiger partial charge in [0.25, 0.3) is 0 Å². The van der Waals surface area contributed by atoms with Crippen LogP contribution in [0.4, 0.5) is 0 Å². The summed E-state index contributed by atoms with van der Waals surface area (Å²) in [6.45, 7) is 5.64. The Morgan fingerprint density at radius 2 is 2.42 bits per heavy atom. The first-order valence-electron chi connectivity index (χ1n) is 3.80. The van der Waals surface area contributed by atoms with Crippen LogP contribution in [0.15, 0.2) is 36.0 Å². The largest absolute Gasteiger partial charge is 0.288 e. The average Bonchev–Trinajstić information content (AvgIpc) is 2.07. The van der Waals surface area contributed by atoms with Crippen LogP contribution in [0.5, 0.6) is 0 Å². The number of aliphatic imine (C=N–C) groups is 1. The minimum Gasteiger partial charge on any atom is -0.288 e. The van der Waals surface area contributed by atoms with Crippen LogP contribution in [0.25, 0.3) is 0 Å². The molecule has 1 rings (SSSR count). The number of aryl methyl sites for hydroxylation is 1. The second kappa shape index (κ2) is 3.81. The molecule has 62 valence electrons. The zero-order valence-electron chi connectivity index (χ0n) is 7.41. The van der Waals surface area contributed by atoms with E-state index in [1.165, 1.54) is 0 Å². The van der Waals surface area contributed by atoms with Gasteiger partial charge in [-0.25, -0.2) is 0 Å². The van der Waals surface area contributed by atoms with Crippen molar-refractivity contribution in [3.05, 3.63) is 42.2 Å². The number of rotatable bonds is 2. The van der Waals surface area contributed by atoms with Gasteiger partial charge in [-0.15, -0.1) is 0 Å². The van der Waals surface area contributed by atoms with Gasteiger partial charge in [-0.05, 0) is 25.1 Å². The first kappa shape index (κ1) is 8.65. The lowest BCUT2D eigenvalue weighted by molar-refractivity contribution is 1.19. The first-order chi connectivity index (χ1) is 5.77. The van der Waals surface area contributed by atoms with Crippen LogP contribution >= 0.6 is 0 Å². The highest BCUT2D eigenvalue weighted by molar-refractivity contribution is 6.08. The highest BCUT2D eigenvalue weighted by Gasteiger charge is 1.97. The smallest absolute Gasteiger partial charge is 0.0638 e. The Balaban J connectivity index is 3.10. The summed E-state index contributed by atoms with van der Waals surface area (Å²) in [6, 6.07) is 3.92. The van der Waals surface area contributed by atoms with Crippen molar-refractivity contribution in [2.75, 3.05) is 7.05 Å². The molecule has 2 heteroatoms. The molecule has 0 spiro atoms. The van der Waals surface area contributed by atoms with Crippen LogP contribution in [-0.2, 0) is 0 Å². The molecule has 1 aromatic heterocycles. The zero-order valence-corrected chi connectivity index (χ0v) is 7.41. The van der Waals surface area contributed by atoms with E-state index in [1.807, 2.05) is 19.1 Å². The Morgan fingerprint density at radius 1 is 1.67 bits per heavy atom. The van der Waals surface area contributed by atoms with E-state index >= 15 is 0 Å². The highest BCUT2D eigenvalue weighted by atomic mass is 14.7. The van der Waals surface area contributed by atoms with Crippen molar-refractivity contribution in [3.8, 4) is 0 Å². The van der Waals surface area contributed by atoms with E-state index in [2.05, 4.69) is 16.6 Å². The van der Waals surface area contributed by atoms with Crippen molar-refractivity contribution in [3.63, 3.8) is 0 Å². The molecule has 12 heavy (non-hydrogen) atoms. The molecule has 2 nitrogen and oxygen atoms in total. The van der Waals surface area contributed by atoms with Crippen molar-refractivity contribution < 1.29 is 0 Å². The first-order valence-corrected chi connectivity index (χ1v) is 3.80. The van der Waals surface area contributed by atoms with Gasteiger partial charge < -0.3 is 0 Å². The maximum atomic E-state index is 4.10. The third-order valence-electron chi connectivity index (χ3n) is 1.63. The summed E-state index contributed by atoms with van der Waals surface area (Å²) in [5.74, 6) is 0. The maximum Gasteiger partial charge on any atom is 0.0638 e. The molecule has 0 atom stereocenters. The molecule has 0 bridgehead atoms. The summed E-state index contributed by atoms with van der Waals surface area (Å²) in [6.07, 6.45) is 3.52.